The average molecular weight is 417 g/mol. The van der Waals surface area contributed by atoms with Gasteiger partial charge in [-0.2, -0.15) is 0 Å². The minimum absolute atomic E-state index is 0.191. The van der Waals surface area contributed by atoms with Crippen molar-refractivity contribution >= 4 is 21.7 Å². The summed E-state index contributed by atoms with van der Waals surface area (Å²) in [5.41, 5.74) is 1.88. The maximum atomic E-state index is 12.6. The van der Waals surface area contributed by atoms with Crippen molar-refractivity contribution in [1.82, 2.24) is 15.2 Å². The van der Waals surface area contributed by atoms with E-state index in [1.165, 1.54) is 19.1 Å². The van der Waals surface area contributed by atoms with Crippen LogP contribution >= 0.6 is 0 Å². The second kappa shape index (κ2) is 8.82. The zero-order valence-corrected chi connectivity index (χ0v) is 17.9. The Morgan fingerprint density at radius 3 is 2.48 bits per heavy atom. The van der Waals surface area contributed by atoms with Gasteiger partial charge in [-0.15, -0.1) is 0 Å². The van der Waals surface area contributed by atoms with Gasteiger partial charge >= 0.3 is 6.03 Å². The Bertz CT molecular complexity index is 954. The van der Waals surface area contributed by atoms with Crippen molar-refractivity contribution in [2.45, 2.75) is 37.2 Å². The van der Waals surface area contributed by atoms with Gasteiger partial charge < -0.3 is 15.1 Å². The van der Waals surface area contributed by atoms with E-state index in [0.29, 0.717) is 6.54 Å². The molecule has 2 aromatic rings. The second-order valence-electron chi connectivity index (χ2n) is 7.50. The Labute approximate surface area is 172 Å². The molecule has 1 atom stereocenters. The number of nitrogens with zero attached hydrogens (tertiary/aromatic N) is 3. The van der Waals surface area contributed by atoms with Crippen molar-refractivity contribution in [3.63, 3.8) is 0 Å². The fraction of sp³-hybridized carbons (Fsp3) is 0.429. The molecular weight excluding hydrogens is 388 g/mol. The molecule has 3 rings (SSSR count). The van der Waals surface area contributed by atoms with Crippen LogP contribution in [0.3, 0.4) is 0 Å². The van der Waals surface area contributed by atoms with E-state index in [-0.39, 0.29) is 17.0 Å². The van der Waals surface area contributed by atoms with Crippen LogP contribution in [-0.2, 0) is 16.4 Å². The van der Waals surface area contributed by atoms with Crippen molar-refractivity contribution in [3.05, 3.63) is 53.7 Å². The molecular formula is C21H28N4O3S. The van der Waals surface area contributed by atoms with Gasteiger partial charge in [0, 0.05) is 39.1 Å². The number of aromatic nitrogens is 1. The van der Waals surface area contributed by atoms with Crippen molar-refractivity contribution in [2.24, 2.45) is 0 Å². The van der Waals surface area contributed by atoms with Crippen molar-refractivity contribution in [2.75, 3.05) is 31.3 Å². The normalized spacial score (nSPS) is 15.2. The lowest BCUT2D eigenvalue weighted by Crippen LogP contribution is -2.38. The minimum Gasteiger partial charge on any atom is -0.357 e. The Hall–Kier alpha value is -2.61. The van der Waals surface area contributed by atoms with Gasteiger partial charge in [-0.3, -0.25) is 0 Å². The molecule has 1 saturated heterocycles. The molecule has 1 aromatic carbocycles. The first-order valence-electron chi connectivity index (χ1n) is 9.76. The van der Waals surface area contributed by atoms with E-state index in [1.54, 1.807) is 42.4 Å². The summed E-state index contributed by atoms with van der Waals surface area (Å²) in [6.45, 7) is 4.39. The van der Waals surface area contributed by atoms with Crippen molar-refractivity contribution < 1.29 is 13.2 Å². The fourth-order valence-electron chi connectivity index (χ4n) is 3.39. The second-order valence-corrected chi connectivity index (χ2v) is 9.52. The van der Waals surface area contributed by atoms with Crippen LogP contribution in [0.2, 0.25) is 0 Å². The quantitative estimate of drug-likeness (QED) is 0.783. The SMILES string of the molecule is CC(c1ccc(S(C)(=O)=O)cc1)N(C)C(=O)NCc1ccnc(N2CCCC2)c1. The van der Waals surface area contributed by atoms with E-state index < -0.39 is 9.84 Å². The molecule has 2 heterocycles. The molecule has 0 saturated carbocycles. The van der Waals surface area contributed by atoms with Crippen LogP contribution in [0.5, 0.6) is 0 Å². The van der Waals surface area contributed by atoms with Crippen LogP contribution in [0.1, 0.15) is 36.9 Å². The molecule has 1 aromatic heterocycles. The molecule has 0 spiro atoms. The minimum atomic E-state index is -3.23. The van der Waals surface area contributed by atoms with Crippen molar-refractivity contribution in [3.8, 4) is 0 Å². The third kappa shape index (κ3) is 5.26. The number of benzene rings is 1. The van der Waals surface area contributed by atoms with Crippen LogP contribution in [0.4, 0.5) is 10.6 Å². The zero-order valence-electron chi connectivity index (χ0n) is 17.1. The summed E-state index contributed by atoms with van der Waals surface area (Å²) in [7, 11) is -1.50. The number of anilines is 1. The number of carbonyl (C=O) groups is 1. The lowest BCUT2D eigenvalue weighted by molar-refractivity contribution is 0.194. The molecule has 0 bridgehead atoms. The largest absolute Gasteiger partial charge is 0.357 e. The molecule has 1 aliphatic rings. The van der Waals surface area contributed by atoms with E-state index in [2.05, 4.69) is 15.2 Å². The predicted octanol–water partition coefficient (Wildman–Crippen LogP) is 2.99. The van der Waals surface area contributed by atoms with Crippen LogP contribution in [-0.4, -0.2) is 50.7 Å². The lowest BCUT2D eigenvalue weighted by atomic mass is 10.1. The average Bonchev–Trinajstić information content (AvgIpc) is 3.25. The number of rotatable bonds is 6. The summed E-state index contributed by atoms with van der Waals surface area (Å²) >= 11 is 0. The van der Waals surface area contributed by atoms with Crippen molar-refractivity contribution in [1.29, 1.82) is 0 Å². The summed E-state index contributed by atoms with van der Waals surface area (Å²) in [5, 5.41) is 2.95. The summed E-state index contributed by atoms with van der Waals surface area (Å²) in [5.74, 6) is 0.960. The molecule has 2 amide bonds. The smallest absolute Gasteiger partial charge is 0.317 e. The highest BCUT2D eigenvalue weighted by molar-refractivity contribution is 7.90. The molecule has 0 radical (unpaired) electrons. The molecule has 0 aliphatic carbocycles. The maximum Gasteiger partial charge on any atom is 0.317 e. The Morgan fingerprint density at radius 2 is 1.86 bits per heavy atom. The number of urea groups is 1. The number of hydrogen-bond donors (Lipinski definition) is 1. The highest BCUT2D eigenvalue weighted by Crippen LogP contribution is 2.21. The topological polar surface area (TPSA) is 82.6 Å². The third-order valence-corrected chi connectivity index (χ3v) is 6.50. The molecule has 7 nitrogen and oxygen atoms in total. The number of amides is 2. The van der Waals surface area contributed by atoms with E-state index in [0.717, 1.165) is 30.0 Å². The molecule has 1 N–H and O–H groups in total. The lowest BCUT2D eigenvalue weighted by Gasteiger charge is -2.26. The van der Waals surface area contributed by atoms with Crippen LogP contribution in [0.25, 0.3) is 0 Å². The molecule has 1 unspecified atom stereocenters. The zero-order chi connectivity index (χ0) is 21.0. The summed E-state index contributed by atoms with van der Waals surface area (Å²) in [4.78, 5) is 21.2. The first kappa shape index (κ1) is 21.1. The Morgan fingerprint density at radius 1 is 1.21 bits per heavy atom. The molecule has 29 heavy (non-hydrogen) atoms. The fourth-order valence-corrected chi connectivity index (χ4v) is 4.02. The molecule has 1 fully saturated rings. The van der Waals surface area contributed by atoms with Gasteiger partial charge in [-0.05, 0) is 55.2 Å². The van der Waals surface area contributed by atoms with Gasteiger partial charge in [0.25, 0.3) is 0 Å². The monoisotopic (exact) mass is 416 g/mol. The van der Waals surface area contributed by atoms with E-state index in [1.807, 2.05) is 19.1 Å². The number of carbonyl (C=O) groups excluding carboxylic acids is 1. The Kier molecular flexibility index (Phi) is 6.42. The molecule has 8 heteroatoms. The Balaban J connectivity index is 1.59. The summed E-state index contributed by atoms with van der Waals surface area (Å²) in [6.07, 6.45) is 5.34. The van der Waals surface area contributed by atoms with Gasteiger partial charge in [-0.25, -0.2) is 18.2 Å². The van der Waals surface area contributed by atoms with E-state index in [4.69, 9.17) is 0 Å². The van der Waals surface area contributed by atoms with Crippen LogP contribution in [0.15, 0.2) is 47.5 Å². The first-order chi connectivity index (χ1) is 13.8. The number of pyridine rings is 1. The van der Waals surface area contributed by atoms with Crippen LogP contribution in [0, 0.1) is 0 Å². The summed E-state index contributed by atoms with van der Waals surface area (Å²) < 4.78 is 23.2. The van der Waals surface area contributed by atoms with Gasteiger partial charge in [-0.1, -0.05) is 12.1 Å². The van der Waals surface area contributed by atoms with E-state index >= 15 is 0 Å². The first-order valence-corrected chi connectivity index (χ1v) is 11.7. The van der Waals surface area contributed by atoms with Gasteiger partial charge in [0.05, 0.1) is 10.9 Å². The molecule has 156 valence electrons. The summed E-state index contributed by atoms with van der Waals surface area (Å²) in [6, 6.07) is 10.2. The van der Waals surface area contributed by atoms with Gasteiger partial charge in [0.15, 0.2) is 9.84 Å². The van der Waals surface area contributed by atoms with Gasteiger partial charge in [0.1, 0.15) is 5.82 Å². The number of nitrogens with one attached hydrogen (secondary N) is 1. The maximum absolute atomic E-state index is 12.6. The molecule has 1 aliphatic heterocycles. The highest BCUT2D eigenvalue weighted by atomic mass is 32.2. The third-order valence-electron chi connectivity index (χ3n) is 5.38. The standard InChI is InChI=1S/C21H28N4O3S/c1-16(18-6-8-19(9-7-18)29(3,27)28)24(2)21(26)23-15-17-10-11-22-20(14-17)25-12-4-5-13-25/h6-11,14,16H,4-5,12-13,15H2,1-3H3,(H,23,26). The predicted molar refractivity (Wildman–Crippen MR) is 114 cm³/mol. The van der Waals surface area contributed by atoms with Crippen LogP contribution < -0.4 is 10.2 Å². The van der Waals surface area contributed by atoms with E-state index in [9.17, 15) is 13.2 Å². The highest BCUT2D eigenvalue weighted by Gasteiger charge is 2.18. The number of hydrogen-bond acceptors (Lipinski definition) is 5. The van der Waals surface area contributed by atoms with Gasteiger partial charge in [0.2, 0.25) is 0 Å². The number of sulfone groups is 1.